The Balaban J connectivity index is 2.14. The number of furan rings is 1. The summed E-state index contributed by atoms with van der Waals surface area (Å²) in [6.07, 6.45) is 0.0795. The summed E-state index contributed by atoms with van der Waals surface area (Å²) in [5, 5.41) is 3.11. The number of hydrogen-bond acceptors (Lipinski definition) is 4. The van der Waals surface area contributed by atoms with Gasteiger partial charge >= 0.3 is 5.97 Å². The zero-order valence-corrected chi connectivity index (χ0v) is 11.2. The number of rotatable bonds is 4. The molecule has 2 aromatic rings. The molecule has 20 heavy (non-hydrogen) atoms. The van der Waals surface area contributed by atoms with Gasteiger partial charge < -0.3 is 14.5 Å². The lowest BCUT2D eigenvalue weighted by atomic mass is 10.1. The smallest absolute Gasteiger partial charge is 0.307 e. The Bertz CT molecular complexity index is 662. The van der Waals surface area contributed by atoms with Crippen LogP contribution in [0.5, 0.6) is 0 Å². The SMILES string of the molecule is COC(=O)CCNC(=O)c1oc2ccc(F)cc2c1C. The van der Waals surface area contributed by atoms with Crippen LogP contribution in [0.15, 0.2) is 22.6 Å². The highest BCUT2D eigenvalue weighted by atomic mass is 19.1. The van der Waals surface area contributed by atoms with E-state index in [-0.39, 0.29) is 24.5 Å². The number of aryl methyl sites for hydroxylation is 1. The largest absolute Gasteiger partial charge is 0.469 e. The molecule has 5 nitrogen and oxygen atoms in total. The molecule has 0 unspecified atom stereocenters. The zero-order chi connectivity index (χ0) is 14.7. The van der Waals surface area contributed by atoms with Gasteiger partial charge in [-0.25, -0.2) is 4.39 Å². The van der Waals surface area contributed by atoms with Gasteiger partial charge in [0.2, 0.25) is 0 Å². The summed E-state index contributed by atoms with van der Waals surface area (Å²) in [7, 11) is 1.28. The van der Waals surface area contributed by atoms with Gasteiger partial charge in [-0.2, -0.15) is 0 Å². The maximum atomic E-state index is 13.2. The quantitative estimate of drug-likeness (QED) is 0.871. The first-order valence-corrected chi connectivity index (χ1v) is 6.06. The van der Waals surface area contributed by atoms with Crippen LogP contribution in [0.1, 0.15) is 22.5 Å². The second kappa shape index (κ2) is 5.73. The van der Waals surface area contributed by atoms with E-state index in [4.69, 9.17) is 4.42 Å². The van der Waals surface area contributed by atoms with Gasteiger partial charge in [-0.05, 0) is 25.1 Å². The summed E-state index contributed by atoms with van der Waals surface area (Å²) in [5.41, 5.74) is 1.01. The maximum absolute atomic E-state index is 13.2. The van der Waals surface area contributed by atoms with Crippen LogP contribution >= 0.6 is 0 Å². The Morgan fingerprint density at radius 1 is 1.40 bits per heavy atom. The molecule has 106 valence electrons. The molecule has 1 aromatic heterocycles. The lowest BCUT2D eigenvalue weighted by Crippen LogP contribution is -2.26. The van der Waals surface area contributed by atoms with Crippen LogP contribution in [0.25, 0.3) is 11.0 Å². The van der Waals surface area contributed by atoms with Crippen molar-refractivity contribution >= 4 is 22.8 Å². The van der Waals surface area contributed by atoms with E-state index in [0.717, 1.165) is 0 Å². The minimum Gasteiger partial charge on any atom is -0.469 e. The van der Waals surface area contributed by atoms with E-state index in [2.05, 4.69) is 10.1 Å². The molecule has 1 amide bonds. The van der Waals surface area contributed by atoms with Crippen molar-refractivity contribution in [3.63, 3.8) is 0 Å². The molecule has 1 aromatic carbocycles. The molecule has 1 heterocycles. The minimum absolute atomic E-state index is 0.0795. The number of ether oxygens (including phenoxy) is 1. The summed E-state index contributed by atoms with van der Waals surface area (Å²) >= 11 is 0. The molecule has 0 aliphatic heterocycles. The van der Waals surface area contributed by atoms with E-state index >= 15 is 0 Å². The first-order chi connectivity index (χ1) is 9.52. The highest BCUT2D eigenvalue weighted by Crippen LogP contribution is 2.25. The molecule has 2 rings (SSSR count). The Morgan fingerprint density at radius 2 is 2.15 bits per heavy atom. The zero-order valence-electron chi connectivity index (χ0n) is 11.2. The predicted octanol–water partition coefficient (Wildman–Crippen LogP) is 2.17. The molecular formula is C14H14FNO4. The molecule has 0 aliphatic carbocycles. The number of benzene rings is 1. The van der Waals surface area contributed by atoms with E-state index in [1.54, 1.807) is 6.92 Å². The molecule has 0 aliphatic rings. The van der Waals surface area contributed by atoms with Gasteiger partial charge in [0.05, 0.1) is 13.5 Å². The van der Waals surface area contributed by atoms with Crippen molar-refractivity contribution in [1.82, 2.24) is 5.32 Å². The van der Waals surface area contributed by atoms with Gasteiger partial charge in [-0.1, -0.05) is 0 Å². The average Bonchev–Trinajstić information content (AvgIpc) is 2.75. The topological polar surface area (TPSA) is 68.5 Å². The van der Waals surface area contributed by atoms with Crippen LogP contribution in [0.4, 0.5) is 4.39 Å². The van der Waals surface area contributed by atoms with E-state index in [1.807, 2.05) is 0 Å². The van der Waals surface area contributed by atoms with Gasteiger partial charge in [-0.3, -0.25) is 9.59 Å². The van der Waals surface area contributed by atoms with E-state index in [9.17, 15) is 14.0 Å². The normalized spacial score (nSPS) is 10.6. The van der Waals surface area contributed by atoms with Crippen molar-refractivity contribution in [2.45, 2.75) is 13.3 Å². The molecule has 0 fully saturated rings. The summed E-state index contributed by atoms with van der Waals surface area (Å²) < 4.78 is 23.0. The first-order valence-electron chi connectivity index (χ1n) is 6.06. The third-order valence-corrected chi connectivity index (χ3v) is 2.95. The van der Waals surface area contributed by atoms with Crippen LogP contribution in [-0.4, -0.2) is 25.5 Å². The first kappa shape index (κ1) is 14.0. The van der Waals surface area contributed by atoms with Crippen molar-refractivity contribution < 1.29 is 23.1 Å². The Labute approximate surface area is 114 Å². The van der Waals surface area contributed by atoms with Crippen LogP contribution in [0.2, 0.25) is 0 Å². The van der Waals surface area contributed by atoms with Gasteiger partial charge in [0.1, 0.15) is 11.4 Å². The van der Waals surface area contributed by atoms with Crippen molar-refractivity contribution in [1.29, 1.82) is 0 Å². The molecule has 0 spiro atoms. The maximum Gasteiger partial charge on any atom is 0.307 e. The number of hydrogen-bond donors (Lipinski definition) is 1. The van der Waals surface area contributed by atoms with Crippen LogP contribution in [0, 0.1) is 12.7 Å². The molecule has 0 bridgehead atoms. The second-order valence-electron chi connectivity index (χ2n) is 4.28. The molecule has 0 atom stereocenters. The fraction of sp³-hybridized carbons (Fsp3) is 0.286. The number of amides is 1. The average molecular weight is 279 g/mol. The second-order valence-corrected chi connectivity index (χ2v) is 4.28. The van der Waals surface area contributed by atoms with Crippen molar-refractivity contribution in [2.75, 3.05) is 13.7 Å². The fourth-order valence-electron chi connectivity index (χ4n) is 1.87. The van der Waals surface area contributed by atoms with Crippen molar-refractivity contribution in [2.24, 2.45) is 0 Å². The van der Waals surface area contributed by atoms with E-state index in [0.29, 0.717) is 16.5 Å². The third-order valence-electron chi connectivity index (χ3n) is 2.95. The summed E-state index contributed by atoms with van der Waals surface area (Å²) in [6, 6.07) is 4.06. The van der Waals surface area contributed by atoms with E-state index in [1.165, 1.54) is 25.3 Å². The van der Waals surface area contributed by atoms with Crippen LogP contribution < -0.4 is 5.32 Å². The molecule has 0 saturated carbocycles. The molecule has 0 saturated heterocycles. The number of nitrogens with one attached hydrogen (secondary N) is 1. The Hall–Kier alpha value is -2.37. The highest BCUT2D eigenvalue weighted by molar-refractivity contribution is 5.99. The number of carbonyl (C=O) groups excluding carboxylic acids is 2. The van der Waals surface area contributed by atoms with Gasteiger partial charge in [0.15, 0.2) is 5.76 Å². The molecule has 0 radical (unpaired) electrons. The van der Waals surface area contributed by atoms with Crippen molar-refractivity contribution in [3.8, 4) is 0 Å². The van der Waals surface area contributed by atoms with E-state index < -0.39 is 11.9 Å². The minimum atomic E-state index is -0.442. The number of fused-ring (bicyclic) bond motifs is 1. The standard InChI is InChI=1S/C14H14FNO4/c1-8-10-7-9(15)3-4-11(10)20-13(8)14(18)16-6-5-12(17)19-2/h3-4,7H,5-6H2,1-2H3,(H,16,18). The number of methoxy groups -OCH3 is 1. The van der Waals surface area contributed by atoms with Crippen molar-refractivity contribution in [3.05, 3.63) is 35.3 Å². The van der Waals surface area contributed by atoms with Gasteiger partial charge in [-0.15, -0.1) is 0 Å². The number of esters is 1. The number of halogens is 1. The lowest BCUT2D eigenvalue weighted by molar-refractivity contribution is -0.140. The Morgan fingerprint density at radius 3 is 2.85 bits per heavy atom. The summed E-state index contributed by atoms with van der Waals surface area (Å²) in [4.78, 5) is 22.9. The third kappa shape index (κ3) is 2.79. The number of carbonyl (C=O) groups is 2. The molecule has 6 heteroatoms. The summed E-state index contributed by atoms with van der Waals surface area (Å²) in [5.74, 6) is -1.12. The van der Waals surface area contributed by atoms with Crippen LogP contribution in [-0.2, 0) is 9.53 Å². The predicted molar refractivity (Wildman–Crippen MR) is 69.9 cm³/mol. The lowest BCUT2D eigenvalue weighted by Gasteiger charge is -2.02. The fourth-order valence-corrected chi connectivity index (χ4v) is 1.87. The monoisotopic (exact) mass is 279 g/mol. The Kier molecular flexibility index (Phi) is 4.02. The summed E-state index contributed by atoms with van der Waals surface area (Å²) in [6.45, 7) is 1.83. The highest BCUT2D eigenvalue weighted by Gasteiger charge is 2.17. The molecule has 1 N–H and O–H groups in total. The van der Waals surface area contributed by atoms with Crippen LogP contribution in [0.3, 0.4) is 0 Å². The molecular weight excluding hydrogens is 265 g/mol. The van der Waals surface area contributed by atoms with Gasteiger partial charge in [0, 0.05) is 17.5 Å². The van der Waals surface area contributed by atoms with Gasteiger partial charge in [0.25, 0.3) is 5.91 Å².